The third kappa shape index (κ3) is 2.81. The Bertz CT molecular complexity index is 954. The number of carbonyl (C=O) groups is 2. The number of pyridine rings is 1. The fourth-order valence-electron chi connectivity index (χ4n) is 2.68. The monoisotopic (exact) mass is 325 g/mol. The third-order valence-electron chi connectivity index (χ3n) is 3.64. The topological polar surface area (TPSA) is 87.5 Å². The number of hydrogen-bond acceptors (Lipinski definition) is 3. The van der Waals surface area contributed by atoms with Crippen LogP contribution in [-0.2, 0) is 11.2 Å². The first-order chi connectivity index (χ1) is 11.5. The van der Waals surface area contributed by atoms with E-state index in [1.165, 1.54) is 12.1 Å². The summed E-state index contributed by atoms with van der Waals surface area (Å²) in [5, 5.41) is 18.9. The maximum Gasteiger partial charge on any atom is 0.336 e. The normalized spacial score (nSPS) is 10.7. The molecule has 0 saturated heterocycles. The van der Waals surface area contributed by atoms with Crippen molar-refractivity contribution < 1.29 is 24.2 Å². The van der Waals surface area contributed by atoms with Gasteiger partial charge in [-0.1, -0.05) is 30.3 Å². The molecule has 0 fully saturated rings. The summed E-state index contributed by atoms with van der Waals surface area (Å²) in [6, 6.07) is 12.3. The highest BCUT2D eigenvalue weighted by Crippen LogP contribution is 2.31. The van der Waals surface area contributed by atoms with Gasteiger partial charge >= 0.3 is 11.9 Å². The molecule has 6 heteroatoms. The molecule has 0 atom stereocenters. The average Bonchev–Trinajstić information content (AvgIpc) is 2.54. The van der Waals surface area contributed by atoms with Crippen LogP contribution in [-0.4, -0.2) is 27.1 Å². The van der Waals surface area contributed by atoms with E-state index < -0.39 is 24.2 Å². The molecule has 2 aromatic carbocycles. The van der Waals surface area contributed by atoms with Crippen molar-refractivity contribution in [2.45, 2.75) is 6.42 Å². The Morgan fingerprint density at radius 1 is 1.04 bits per heavy atom. The molecule has 24 heavy (non-hydrogen) atoms. The van der Waals surface area contributed by atoms with Gasteiger partial charge in [0.25, 0.3) is 0 Å². The zero-order valence-corrected chi connectivity index (χ0v) is 12.4. The first kappa shape index (κ1) is 15.6. The second-order valence-electron chi connectivity index (χ2n) is 5.22. The van der Waals surface area contributed by atoms with Gasteiger partial charge in [0.05, 0.1) is 23.2 Å². The number of aromatic nitrogens is 1. The number of aromatic carboxylic acids is 1. The van der Waals surface area contributed by atoms with Crippen molar-refractivity contribution in [3.8, 4) is 11.3 Å². The Balaban J connectivity index is 2.44. The van der Waals surface area contributed by atoms with Crippen molar-refractivity contribution in [3.05, 3.63) is 65.5 Å². The Hall–Kier alpha value is -3.28. The highest BCUT2D eigenvalue weighted by molar-refractivity contribution is 6.06. The molecule has 5 nitrogen and oxygen atoms in total. The Kier molecular flexibility index (Phi) is 3.95. The van der Waals surface area contributed by atoms with Crippen LogP contribution < -0.4 is 0 Å². The van der Waals surface area contributed by atoms with Gasteiger partial charge in [-0.25, -0.2) is 14.2 Å². The van der Waals surface area contributed by atoms with E-state index in [0.717, 1.165) is 6.07 Å². The largest absolute Gasteiger partial charge is 0.481 e. The number of halogens is 1. The zero-order chi connectivity index (χ0) is 17.3. The minimum Gasteiger partial charge on any atom is -0.481 e. The van der Waals surface area contributed by atoms with E-state index >= 15 is 0 Å². The van der Waals surface area contributed by atoms with Crippen molar-refractivity contribution in [1.82, 2.24) is 4.98 Å². The number of carboxylic acid groups (broad SMARTS) is 2. The summed E-state index contributed by atoms with van der Waals surface area (Å²) in [5.41, 5.74) is 0.985. The van der Waals surface area contributed by atoms with Gasteiger partial charge in [0.1, 0.15) is 5.82 Å². The smallest absolute Gasteiger partial charge is 0.336 e. The molecule has 3 rings (SSSR count). The van der Waals surface area contributed by atoms with Gasteiger partial charge in [0.15, 0.2) is 0 Å². The number of rotatable bonds is 4. The number of aliphatic carboxylic acids is 1. The van der Waals surface area contributed by atoms with Crippen LogP contribution in [0.25, 0.3) is 22.2 Å². The lowest BCUT2D eigenvalue weighted by Gasteiger charge is -2.14. The summed E-state index contributed by atoms with van der Waals surface area (Å²) in [6.45, 7) is 0. The molecule has 0 radical (unpaired) electrons. The van der Waals surface area contributed by atoms with E-state index in [9.17, 15) is 24.2 Å². The predicted octanol–water partition coefficient (Wildman–Crippen LogP) is 3.37. The van der Waals surface area contributed by atoms with Crippen molar-refractivity contribution in [2.24, 2.45) is 0 Å². The lowest BCUT2D eigenvalue weighted by molar-refractivity contribution is -0.136. The lowest BCUT2D eigenvalue weighted by atomic mass is 9.94. The molecule has 0 aliphatic heterocycles. The molecule has 0 aliphatic carbocycles. The van der Waals surface area contributed by atoms with Gasteiger partial charge in [-0.2, -0.15) is 0 Å². The number of nitrogens with zero attached hydrogens (tertiary/aromatic N) is 1. The van der Waals surface area contributed by atoms with Gasteiger partial charge in [0, 0.05) is 16.5 Å². The van der Waals surface area contributed by atoms with Crippen LogP contribution >= 0.6 is 0 Å². The van der Waals surface area contributed by atoms with Crippen LogP contribution in [0.2, 0.25) is 0 Å². The van der Waals surface area contributed by atoms with Crippen LogP contribution in [0.3, 0.4) is 0 Å². The summed E-state index contributed by atoms with van der Waals surface area (Å²) in [7, 11) is 0. The fraction of sp³-hybridized carbons (Fsp3) is 0.0556. The first-order valence-corrected chi connectivity index (χ1v) is 7.10. The maximum absolute atomic E-state index is 13.6. The minimum absolute atomic E-state index is 0.0549. The van der Waals surface area contributed by atoms with Crippen LogP contribution in [0.5, 0.6) is 0 Å². The van der Waals surface area contributed by atoms with Crippen molar-refractivity contribution in [1.29, 1.82) is 0 Å². The Labute approximate surface area is 136 Å². The van der Waals surface area contributed by atoms with E-state index in [0.29, 0.717) is 11.1 Å². The quantitative estimate of drug-likeness (QED) is 0.768. The van der Waals surface area contributed by atoms with Crippen LogP contribution in [0, 0.1) is 5.82 Å². The first-order valence-electron chi connectivity index (χ1n) is 7.10. The molecule has 3 aromatic rings. The number of benzene rings is 2. The van der Waals surface area contributed by atoms with Crippen molar-refractivity contribution in [3.63, 3.8) is 0 Å². The molecule has 0 saturated carbocycles. The Morgan fingerprint density at radius 2 is 1.75 bits per heavy atom. The minimum atomic E-state index is -1.32. The predicted molar refractivity (Wildman–Crippen MR) is 85.4 cm³/mol. The highest BCUT2D eigenvalue weighted by Gasteiger charge is 2.23. The summed E-state index contributed by atoms with van der Waals surface area (Å²) in [6.07, 6.45) is -0.523. The van der Waals surface area contributed by atoms with Gasteiger partial charge in [0.2, 0.25) is 0 Å². The summed E-state index contributed by atoms with van der Waals surface area (Å²) >= 11 is 0. The summed E-state index contributed by atoms with van der Waals surface area (Å²) in [5.74, 6) is -3.12. The van der Waals surface area contributed by atoms with Crippen molar-refractivity contribution >= 4 is 22.8 Å². The summed E-state index contributed by atoms with van der Waals surface area (Å²) in [4.78, 5) is 27.4. The average molecular weight is 325 g/mol. The van der Waals surface area contributed by atoms with Crippen LogP contribution in [0.15, 0.2) is 48.5 Å². The molecule has 1 aromatic heterocycles. The molecule has 0 amide bonds. The molecule has 1 heterocycles. The van der Waals surface area contributed by atoms with Gasteiger partial charge in [-0.05, 0) is 18.2 Å². The highest BCUT2D eigenvalue weighted by atomic mass is 19.1. The molecular formula is C18H12FNO4. The summed E-state index contributed by atoms with van der Waals surface area (Å²) < 4.78 is 13.6. The second kappa shape index (κ2) is 6.08. The zero-order valence-electron chi connectivity index (χ0n) is 12.4. The van der Waals surface area contributed by atoms with Crippen LogP contribution in [0.4, 0.5) is 4.39 Å². The molecular weight excluding hydrogens is 313 g/mol. The lowest BCUT2D eigenvalue weighted by Crippen LogP contribution is -2.12. The van der Waals surface area contributed by atoms with E-state index in [-0.39, 0.29) is 22.2 Å². The standard InChI is InChI=1S/C18H12FNO4/c19-11-6-7-14-12(8-11)16(18(23)24)13(9-15(21)22)17(20-14)10-4-2-1-3-5-10/h1-8H,9H2,(H,21,22)(H,23,24). The molecule has 0 aliphatic rings. The van der Waals surface area contributed by atoms with Crippen molar-refractivity contribution in [2.75, 3.05) is 0 Å². The SMILES string of the molecule is O=C(O)Cc1c(-c2ccccc2)nc2ccc(F)cc2c1C(=O)O. The number of hydrogen-bond donors (Lipinski definition) is 2. The molecule has 0 unspecified atom stereocenters. The third-order valence-corrected chi connectivity index (χ3v) is 3.64. The second-order valence-corrected chi connectivity index (χ2v) is 5.22. The molecule has 2 N–H and O–H groups in total. The van der Waals surface area contributed by atoms with E-state index in [1.807, 2.05) is 0 Å². The van der Waals surface area contributed by atoms with Gasteiger partial charge < -0.3 is 10.2 Å². The fourth-order valence-corrected chi connectivity index (χ4v) is 2.68. The van der Waals surface area contributed by atoms with E-state index in [1.54, 1.807) is 30.3 Å². The maximum atomic E-state index is 13.6. The van der Waals surface area contributed by atoms with E-state index in [4.69, 9.17) is 0 Å². The van der Waals surface area contributed by atoms with Gasteiger partial charge in [-0.15, -0.1) is 0 Å². The molecule has 0 spiro atoms. The molecule has 0 bridgehead atoms. The Morgan fingerprint density at radius 3 is 2.38 bits per heavy atom. The number of fused-ring (bicyclic) bond motifs is 1. The van der Waals surface area contributed by atoms with Crippen LogP contribution in [0.1, 0.15) is 15.9 Å². The molecule has 120 valence electrons. The van der Waals surface area contributed by atoms with E-state index in [2.05, 4.69) is 4.98 Å². The number of carboxylic acids is 2. The van der Waals surface area contributed by atoms with Gasteiger partial charge in [-0.3, -0.25) is 4.79 Å².